The molecule has 0 amide bonds. The molecule has 0 spiro atoms. The molecule has 0 saturated carbocycles. The van der Waals surface area contributed by atoms with Crippen LogP contribution in [0.25, 0.3) is 33.0 Å². The zero-order chi connectivity index (χ0) is 47.6. The van der Waals surface area contributed by atoms with Crippen molar-refractivity contribution < 1.29 is 0 Å². The lowest BCUT2D eigenvalue weighted by molar-refractivity contribution is 0.590. The Morgan fingerprint density at radius 3 is 1.04 bits per heavy atom. The summed E-state index contributed by atoms with van der Waals surface area (Å²) in [6, 6.07) is 60.2. The molecule has 0 saturated heterocycles. The van der Waals surface area contributed by atoms with Crippen molar-refractivity contribution in [3.8, 4) is 22.3 Å². The molecule has 0 N–H and O–H groups in total. The average Bonchev–Trinajstić information content (AvgIpc) is 3.51. The Morgan fingerprint density at radius 2 is 0.672 bits per heavy atom. The van der Waals surface area contributed by atoms with Crippen molar-refractivity contribution in [1.82, 2.24) is 0 Å². The molecule has 0 heterocycles. The van der Waals surface area contributed by atoms with Crippen LogP contribution in [-0.4, -0.2) is 0 Å². The van der Waals surface area contributed by atoms with E-state index in [9.17, 15) is 0 Å². The van der Waals surface area contributed by atoms with Crippen LogP contribution in [-0.2, 0) is 27.1 Å². The van der Waals surface area contributed by atoms with Gasteiger partial charge in [0.25, 0.3) is 0 Å². The maximum atomic E-state index is 2.51. The van der Waals surface area contributed by atoms with Gasteiger partial charge in [-0.3, -0.25) is 0 Å². The first-order valence-corrected chi connectivity index (χ1v) is 24.4. The molecule has 67 heavy (non-hydrogen) atoms. The average molecular weight is 877 g/mol. The van der Waals surface area contributed by atoms with Gasteiger partial charge in [0.15, 0.2) is 0 Å². The van der Waals surface area contributed by atoms with Crippen LogP contribution in [0.4, 0.5) is 34.1 Å². The second kappa shape index (κ2) is 15.3. The second-order valence-corrected chi connectivity index (χ2v) is 23.7. The van der Waals surface area contributed by atoms with Crippen LogP contribution in [0, 0.1) is 6.92 Å². The van der Waals surface area contributed by atoms with E-state index >= 15 is 0 Å². The van der Waals surface area contributed by atoms with Crippen molar-refractivity contribution in [3.05, 3.63) is 202 Å². The molecule has 338 valence electrons. The Morgan fingerprint density at radius 1 is 0.343 bits per heavy atom. The third kappa shape index (κ3) is 7.39. The Labute approximate surface area is 401 Å². The first kappa shape index (κ1) is 44.5. The number of nitrogens with zero attached hydrogens (tertiary/aromatic N) is 2. The van der Waals surface area contributed by atoms with Crippen molar-refractivity contribution >= 4 is 44.9 Å². The third-order valence-corrected chi connectivity index (χ3v) is 15.3. The van der Waals surface area contributed by atoms with E-state index in [4.69, 9.17) is 0 Å². The van der Waals surface area contributed by atoms with Crippen LogP contribution in [0.15, 0.2) is 158 Å². The fourth-order valence-electron chi connectivity index (χ4n) is 11.1. The predicted molar refractivity (Wildman–Crippen MR) is 289 cm³/mol. The van der Waals surface area contributed by atoms with Gasteiger partial charge in [-0.15, -0.1) is 0 Å². The highest BCUT2D eigenvalue weighted by molar-refractivity contribution is 6.10. The van der Waals surface area contributed by atoms with Crippen LogP contribution >= 0.6 is 0 Å². The number of anilines is 6. The standard InChI is InChI=1S/C65H68N2/c1-41-38-55-60-58-53(41)16-15-17-54(58)64(11,12)56-39-52(40-57(59(56)60)65(55,13)14)67(51-36-26-46(27-37-51)63(8,9)10)48-30-20-43(21-31-48)42-18-28-47(29-19-42)66(49-32-22-44(23-33-49)61(2,3)4)50-34-24-45(25-35-50)62(5,6)7/h15-40H,1-14H3. The number of benzene rings is 8. The van der Waals surface area contributed by atoms with E-state index < -0.39 is 0 Å². The largest absolute Gasteiger partial charge is 0.311 e. The lowest BCUT2D eigenvalue weighted by Crippen LogP contribution is -2.25. The van der Waals surface area contributed by atoms with Gasteiger partial charge in [-0.25, -0.2) is 0 Å². The molecule has 2 heteroatoms. The summed E-state index contributed by atoms with van der Waals surface area (Å²) in [5.74, 6) is 0. The number of aryl methyl sites for hydroxylation is 1. The molecular weight excluding hydrogens is 809 g/mol. The molecule has 0 aromatic heterocycles. The van der Waals surface area contributed by atoms with Crippen LogP contribution in [0.2, 0.25) is 0 Å². The number of rotatable bonds is 7. The van der Waals surface area contributed by atoms with Gasteiger partial charge in [0.05, 0.1) is 0 Å². The molecule has 2 aliphatic carbocycles. The number of hydrogen-bond donors (Lipinski definition) is 0. The lowest BCUT2D eigenvalue weighted by atomic mass is 9.68. The molecule has 0 bridgehead atoms. The molecule has 0 unspecified atom stereocenters. The molecule has 0 atom stereocenters. The van der Waals surface area contributed by atoms with E-state index in [0.717, 1.165) is 28.4 Å². The third-order valence-electron chi connectivity index (χ3n) is 15.3. The van der Waals surface area contributed by atoms with E-state index in [1.165, 1.54) is 83.2 Å². The van der Waals surface area contributed by atoms with Gasteiger partial charge in [-0.05, 0) is 173 Å². The predicted octanol–water partition coefficient (Wildman–Crippen LogP) is 18.6. The summed E-state index contributed by atoms with van der Waals surface area (Å²) in [4.78, 5) is 4.86. The van der Waals surface area contributed by atoms with Crippen molar-refractivity contribution in [2.45, 2.75) is 124 Å². The van der Waals surface area contributed by atoms with Crippen LogP contribution in [0.5, 0.6) is 0 Å². The Bertz CT molecular complexity index is 3120. The lowest BCUT2D eigenvalue weighted by Gasteiger charge is -2.37. The van der Waals surface area contributed by atoms with Gasteiger partial charge in [0.2, 0.25) is 0 Å². The molecular formula is C65H68N2. The molecule has 0 radical (unpaired) electrons. The highest BCUT2D eigenvalue weighted by atomic mass is 15.1. The minimum atomic E-state index is -0.183. The van der Waals surface area contributed by atoms with E-state index in [1.807, 2.05) is 0 Å². The summed E-state index contributed by atoms with van der Waals surface area (Å²) in [5.41, 5.74) is 23.1. The Balaban J connectivity index is 1.05. The topological polar surface area (TPSA) is 6.48 Å². The Kier molecular flexibility index (Phi) is 10.2. The number of hydrogen-bond acceptors (Lipinski definition) is 2. The normalized spacial score (nSPS) is 14.7. The quantitative estimate of drug-likeness (QED) is 0.157. The maximum Gasteiger partial charge on any atom is 0.0468 e. The summed E-state index contributed by atoms with van der Waals surface area (Å²) in [6.07, 6.45) is 0. The van der Waals surface area contributed by atoms with E-state index in [-0.39, 0.29) is 27.1 Å². The van der Waals surface area contributed by atoms with Crippen molar-refractivity contribution in [1.29, 1.82) is 0 Å². The fraction of sp³-hybridized carbons (Fsp3) is 0.292. The summed E-state index contributed by atoms with van der Waals surface area (Å²) in [7, 11) is 0. The first-order valence-electron chi connectivity index (χ1n) is 24.4. The monoisotopic (exact) mass is 877 g/mol. The molecule has 2 aliphatic rings. The molecule has 0 fully saturated rings. The minimum absolute atomic E-state index is 0.0553. The van der Waals surface area contributed by atoms with Gasteiger partial charge >= 0.3 is 0 Å². The first-order chi connectivity index (χ1) is 31.5. The molecule has 8 aromatic carbocycles. The summed E-state index contributed by atoms with van der Waals surface area (Å²) < 4.78 is 0. The molecule has 2 nitrogen and oxygen atoms in total. The van der Waals surface area contributed by atoms with E-state index in [1.54, 1.807) is 0 Å². The highest BCUT2D eigenvalue weighted by Gasteiger charge is 2.45. The second-order valence-electron chi connectivity index (χ2n) is 23.7. The van der Waals surface area contributed by atoms with E-state index in [0.29, 0.717) is 0 Å². The van der Waals surface area contributed by atoms with Crippen LogP contribution < -0.4 is 9.80 Å². The van der Waals surface area contributed by atoms with Gasteiger partial charge in [0.1, 0.15) is 0 Å². The van der Waals surface area contributed by atoms with Gasteiger partial charge in [-0.1, -0.05) is 175 Å². The smallest absolute Gasteiger partial charge is 0.0468 e. The van der Waals surface area contributed by atoms with Crippen molar-refractivity contribution in [3.63, 3.8) is 0 Å². The van der Waals surface area contributed by atoms with Crippen molar-refractivity contribution in [2.75, 3.05) is 9.80 Å². The minimum Gasteiger partial charge on any atom is -0.311 e. The van der Waals surface area contributed by atoms with E-state index in [2.05, 4.69) is 264 Å². The van der Waals surface area contributed by atoms with Gasteiger partial charge < -0.3 is 9.80 Å². The van der Waals surface area contributed by atoms with Gasteiger partial charge in [0, 0.05) is 45.0 Å². The molecule has 0 aliphatic heterocycles. The van der Waals surface area contributed by atoms with Gasteiger partial charge in [-0.2, -0.15) is 0 Å². The van der Waals surface area contributed by atoms with Crippen LogP contribution in [0.3, 0.4) is 0 Å². The zero-order valence-corrected chi connectivity index (χ0v) is 42.4. The van der Waals surface area contributed by atoms with Crippen molar-refractivity contribution in [2.24, 2.45) is 0 Å². The zero-order valence-electron chi connectivity index (χ0n) is 42.4. The molecule has 10 rings (SSSR count). The summed E-state index contributed by atoms with van der Waals surface area (Å²) in [6.45, 7) is 32.6. The van der Waals surface area contributed by atoms with Crippen LogP contribution in [0.1, 0.15) is 135 Å². The SMILES string of the molecule is Cc1cc2c3c4c(cccc14)C(C)(C)c1cc(N(c4ccc(-c5ccc(N(c6ccc(C(C)(C)C)cc6)c6ccc(C(C)(C)C)cc6)cc5)cc4)c4ccc(C(C)(C)C)cc4)cc(c1-3)C2(C)C. The molecule has 8 aromatic rings. The summed E-state index contributed by atoms with van der Waals surface area (Å²) >= 11 is 0. The summed E-state index contributed by atoms with van der Waals surface area (Å²) in [5, 5.41) is 2.83. The maximum absolute atomic E-state index is 2.51. The Hall–Kier alpha value is -6.38. The fourth-order valence-corrected chi connectivity index (χ4v) is 11.1. The highest BCUT2D eigenvalue weighted by Crippen LogP contribution is 2.61.